The van der Waals surface area contributed by atoms with Gasteiger partial charge in [-0.3, -0.25) is 0 Å². The molecule has 0 saturated heterocycles. The van der Waals surface area contributed by atoms with Crippen LogP contribution in [0.3, 0.4) is 0 Å². The number of hydrogen-bond acceptors (Lipinski definition) is 2. The van der Waals surface area contributed by atoms with Gasteiger partial charge in [-0.25, -0.2) is 0 Å². The van der Waals surface area contributed by atoms with Crippen LogP contribution in [-0.2, 0) is 12.5 Å². The molecule has 20 heavy (non-hydrogen) atoms. The van der Waals surface area contributed by atoms with E-state index in [1.807, 2.05) is 29.6 Å². The van der Waals surface area contributed by atoms with Gasteiger partial charge in [0.2, 0.25) is 0 Å². The van der Waals surface area contributed by atoms with Gasteiger partial charge in [0.1, 0.15) is 12.4 Å². The normalized spacial score (nSPS) is 10.9. The van der Waals surface area contributed by atoms with E-state index in [0.29, 0.717) is 12.5 Å². The van der Waals surface area contributed by atoms with Gasteiger partial charge in [-0.1, -0.05) is 30.3 Å². The van der Waals surface area contributed by atoms with E-state index in [-0.39, 0.29) is 0 Å². The first-order valence-corrected chi connectivity index (χ1v) is 8.41. The number of fused-ring (bicyclic) bond motifs is 1. The number of alkyl halides is 1. The van der Waals surface area contributed by atoms with E-state index in [4.69, 9.17) is 16.3 Å². The second-order valence-electron chi connectivity index (χ2n) is 4.38. The summed E-state index contributed by atoms with van der Waals surface area (Å²) in [5, 5.41) is 4.39. The van der Waals surface area contributed by atoms with E-state index >= 15 is 0 Å². The number of ether oxygens (including phenoxy) is 1. The lowest BCUT2D eigenvalue weighted by Gasteiger charge is -2.12. The molecule has 0 aliphatic carbocycles. The predicted octanol–water partition coefficient (Wildman–Crippen LogP) is 5.98. The zero-order valence-corrected chi connectivity index (χ0v) is 13.8. The SMILES string of the molecule is ClCc1c(OCc2sccc2Br)ccc2ccccc12. The van der Waals surface area contributed by atoms with Crippen molar-refractivity contribution in [3.63, 3.8) is 0 Å². The zero-order chi connectivity index (χ0) is 13.9. The molecule has 1 aromatic heterocycles. The van der Waals surface area contributed by atoms with Crippen LogP contribution >= 0.6 is 38.9 Å². The fraction of sp³-hybridized carbons (Fsp3) is 0.125. The standard InChI is InChI=1S/C16H12BrClOS/c17-14-7-8-20-16(14)10-19-15-6-5-11-3-1-2-4-12(11)13(15)9-18/h1-8H,9-10H2. The third-order valence-electron chi connectivity index (χ3n) is 3.18. The van der Waals surface area contributed by atoms with Crippen molar-refractivity contribution in [2.75, 3.05) is 0 Å². The molecule has 102 valence electrons. The summed E-state index contributed by atoms with van der Waals surface area (Å²) < 4.78 is 7.05. The van der Waals surface area contributed by atoms with Crippen molar-refractivity contribution in [3.05, 3.63) is 62.8 Å². The maximum Gasteiger partial charge on any atom is 0.124 e. The van der Waals surface area contributed by atoms with Crippen molar-refractivity contribution in [3.8, 4) is 5.75 Å². The molecule has 3 rings (SSSR count). The largest absolute Gasteiger partial charge is 0.488 e. The summed E-state index contributed by atoms with van der Waals surface area (Å²) in [5.41, 5.74) is 1.05. The van der Waals surface area contributed by atoms with Crippen LogP contribution in [0, 0.1) is 0 Å². The third-order valence-corrected chi connectivity index (χ3v) is 5.35. The summed E-state index contributed by atoms with van der Waals surface area (Å²) in [5.74, 6) is 1.31. The van der Waals surface area contributed by atoms with Crippen LogP contribution in [0.4, 0.5) is 0 Å². The Morgan fingerprint density at radius 1 is 1.10 bits per heavy atom. The van der Waals surface area contributed by atoms with E-state index in [1.54, 1.807) is 11.3 Å². The molecule has 0 aliphatic rings. The first-order valence-electron chi connectivity index (χ1n) is 6.21. The number of hydrogen-bond donors (Lipinski definition) is 0. The summed E-state index contributed by atoms with van der Waals surface area (Å²) in [7, 11) is 0. The van der Waals surface area contributed by atoms with Gasteiger partial charge >= 0.3 is 0 Å². The molecule has 0 amide bonds. The van der Waals surface area contributed by atoms with Gasteiger partial charge in [0.05, 0.1) is 10.8 Å². The lowest BCUT2D eigenvalue weighted by Crippen LogP contribution is -1.97. The fourth-order valence-electron chi connectivity index (χ4n) is 2.16. The van der Waals surface area contributed by atoms with Crippen LogP contribution in [0.1, 0.15) is 10.4 Å². The van der Waals surface area contributed by atoms with Crippen LogP contribution in [0.2, 0.25) is 0 Å². The smallest absolute Gasteiger partial charge is 0.124 e. The van der Waals surface area contributed by atoms with E-state index in [2.05, 4.69) is 34.1 Å². The van der Waals surface area contributed by atoms with Gasteiger partial charge in [-0.2, -0.15) is 0 Å². The highest BCUT2D eigenvalue weighted by Crippen LogP contribution is 2.31. The molecule has 0 N–H and O–H groups in total. The summed E-state index contributed by atoms with van der Waals surface area (Å²) in [6.07, 6.45) is 0. The Hall–Kier alpha value is -1.03. The van der Waals surface area contributed by atoms with Crippen molar-refractivity contribution >= 4 is 49.6 Å². The molecule has 0 atom stereocenters. The van der Waals surface area contributed by atoms with Crippen LogP contribution in [0.25, 0.3) is 10.8 Å². The Labute approximate surface area is 135 Å². The van der Waals surface area contributed by atoms with Crippen LogP contribution in [0.5, 0.6) is 5.75 Å². The minimum Gasteiger partial charge on any atom is -0.488 e. The van der Waals surface area contributed by atoms with Gasteiger partial charge in [-0.15, -0.1) is 22.9 Å². The Morgan fingerprint density at radius 2 is 1.95 bits per heavy atom. The molecule has 4 heteroatoms. The van der Waals surface area contributed by atoms with Crippen molar-refractivity contribution in [1.82, 2.24) is 0 Å². The van der Waals surface area contributed by atoms with E-state index in [0.717, 1.165) is 21.2 Å². The number of thiophene rings is 1. The molecule has 3 aromatic rings. The topological polar surface area (TPSA) is 9.23 Å². The highest BCUT2D eigenvalue weighted by molar-refractivity contribution is 9.10. The van der Waals surface area contributed by atoms with Crippen LogP contribution in [-0.4, -0.2) is 0 Å². The molecule has 1 nitrogen and oxygen atoms in total. The monoisotopic (exact) mass is 366 g/mol. The first-order chi connectivity index (χ1) is 9.79. The summed E-state index contributed by atoms with van der Waals surface area (Å²) in [6, 6.07) is 14.3. The number of rotatable bonds is 4. The molecule has 0 bridgehead atoms. The highest BCUT2D eigenvalue weighted by Gasteiger charge is 2.09. The maximum absolute atomic E-state index is 6.12. The second-order valence-corrected chi connectivity index (χ2v) is 6.50. The molecule has 0 spiro atoms. The quantitative estimate of drug-likeness (QED) is 0.515. The average molecular weight is 368 g/mol. The molecule has 0 unspecified atom stereocenters. The molecule has 1 heterocycles. The van der Waals surface area contributed by atoms with Gasteiger partial charge in [0, 0.05) is 10.0 Å². The van der Waals surface area contributed by atoms with Crippen molar-refractivity contribution in [1.29, 1.82) is 0 Å². The summed E-state index contributed by atoms with van der Waals surface area (Å²) >= 11 is 11.3. The van der Waals surface area contributed by atoms with Gasteiger partial charge in [0.15, 0.2) is 0 Å². The van der Waals surface area contributed by atoms with Crippen molar-refractivity contribution in [2.24, 2.45) is 0 Å². The molecular formula is C16H12BrClOS. The van der Waals surface area contributed by atoms with E-state index < -0.39 is 0 Å². The Balaban J connectivity index is 1.93. The minimum atomic E-state index is 0.447. The second kappa shape index (κ2) is 6.17. The minimum absolute atomic E-state index is 0.447. The van der Waals surface area contributed by atoms with Crippen molar-refractivity contribution < 1.29 is 4.74 Å². The molecule has 0 radical (unpaired) electrons. The Kier molecular flexibility index (Phi) is 4.29. The zero-order valence-electron chi connectivity index (χ0n) is 10.6. The van der Waals surface area contributed by atoms with E-state index in [9.17, 15) is 0 Å². The summed E-state index contributed by atoms with van der Waals surface area (Å²) in [4.78, 5) is 1.18. The molecule has 2 aromatic carbocycles. The Bertz CT molecular complexity index is 738. The Morgan fingerprint density at radius 3 is 2.70 bits per heavy atom. The first kappa shape index (κ1) is 13.9. The lowest BCUT2D eigenvalue weighted by molar-refractivity contribution is 0.307. The van der Waals surface area contributed by atoms with E-state index in [1.165, 1.54) is 10.3 Å². The molecule has 0 aliphatic heterocycles. The molecular weight excluding hydrogens is 356 g/mol. The third kappa shape index (κ3) is 2.71. The predicted molar refractivity (Wildman–Crippen MR) is 89.9 cm³/mol. The number of benzene rings is 2. The van der Waals surface area contributed by atoms with Crippen molar-refractivity contribution in [2.45, 2.75) is 12.5 Å². The van der Waals surface area contributed by atoms with Crippen LogP contribution < -0.4 is 4.74 Å². The molecule has 0 saturated carbocycles. The summed E-state index contributed by atoms with van der Waals surface area (Å²) in [6.45, 7) is 0.556. The lowest BCUT2D eigenvalue weighted by atomic mass is 10.0. The fourth-order valence-corrected chi connectivity index (χ4v) is 3.81. The molecule has 0 fully saturated rings. The van der Waals surface area contributed by atoms with Gasteiger partial charge in [-0.05, 0) is 44.2 Å². The number of halogens is 2. The maximum atomic E-state index is 6.12. The highest BCUT2D eigenvalue weighted by atomic mass is 79.9. The van der Waals surface area contributed by atoms with Gasteiger partial charge < -0.3 is 4.74 Å². The van der Waals surface area contributed by atoms with Crippen LogP contribution in [0.15, 0.2) is 52.3 Å². The average Bonchev–Trinajstić information content (AvgIpc) is 2.89. The van der Waals surface area contributed by atoms with Gasteiger partial charge in [0.25, 0.3) is 0 Å².